The number of hydrogen-bond donors (Lipinski definition) is 1. The van der Waals surface area contributed by atoms with E-state index in [0.717, 1.165) is 18.6 Å². The quantitative estimate of drug-likeness (QED) is 0.844. The molecule has 0 aliphatic carbocycles. The summed E-state index contributed by atoms with van der Waals surface area (Å²) >= 11 is 0. The van der Waals surface area contributed by atoms with Gasteiger partial charge in [-0.15, -0.1) is 0 Å². The van der Waals surface area contributed by atoms with E-state index in [0.29, 0.717) is 13.2 Å². The highest BCUT2D eigenvalue weighted by Gasteiger charge is 2.24. The van der Waals surface area contributed by atoms with Crippen molar-refractivity contribution in [3.8, 4) is 5.75 Å². The largest absolute Gasteiger partial charge is 0.491 e. The van der Waals surface area contributed by atoms with Gasteiger partial charge in [0.25, 0.3) is 0 Å². The molecule has 2 N–H and O–H groups in total. The van der Waals surface area contributed by atoms with Crippen LogP contribution in [-0.2, 0) is 4.74 Å². The predicted octanol–water partition coefficient (Wildman–Crippen LogP) is 1.88. The van der Waals surface area contributed by atoms with Crippen LogP contribution < -0.4 is 10.5 Å². The van der Waals surface area contributed by atoms with Crippen LogP contribution in [0.15, 0.2) is 24.3 Å². The van der Waals surface area contributed by atoms with Gasteiger partial charge in [-0.05, 0) is 31.9 Å². The number of aryl methyl sites for hydroxylation is 1. The standard InChI is InChI=1S/C13H19NO2/c1-10-2-4-11(5-3-10)15-9-13-7-6-12(8-14)16-13/h2-5,12-13H,6-9,14H2,1H3. The second kappa shape index (κ2) is 5.32. The van der Waals surface area contributed by atoms with Gasteiger partial charge >= 0.3 is 0 Å². The summed E-state index contributed by atoms with van der Waals surface area (Å²) in [5.74, 6) is 0.908. The maximum absolute atomic E-state index is 5.71. The Morgan fingerprint density at radius 2 is 1.94 bits per heavy atom. The van der Waals surface area contributed by atoms with Gasteiger partial charge in [-0.1, -0.05) is 17.7 Å². The summed E-state index contributed by atoms with van der Waals surface area (Å²) < 4.78 is 11.4. The van der Waals surface area contributed by atoms with Gasteiger partial charge in [0.05, 0.1) is 12.2 Å². The van der Waals surface area contributed by atoms with Crippen LogP contribution in [0.4, 0.5) is 0 Å². The zero-order chi connectivity index (χ0) is 11.4. The minimum atomic E-state index is 0.204. The van der Waals surface area contributed by atoms with Crippen molar-refractivity contribution < 1.29 is 9.47 Å². The summed E-state index contributed by atoms with van der Waals surface area (Å²) in [4.78, 5) is 0. The highest BCUT2D eigenvalue weighted by Crippen LogP contribution is 2.20. The fourth-order valence-corrected chi connectivity index (χ4v) is 1.90. The molecule has 0 radical (unpaired) electrons. The monoisotopic (exact) mass is 221 g/mol. The molecule has 1 aliphatic heterocycles. The van der Waals surface area contributed by atoms with Crippen molar-refractivity contribution in [2.75, 3.05) is 13.2 Å². The molecule has 1 aromatic rings. The van der Waals surface area contributed by atoms with Crippen LogP contribution in [0.5, 0.6) is 5.75 Å². The molecule has 3 nitrogen and oxygen atoms in total. The molecule has 1 fully saturated rings. The summed E-state index contributed by atoms with van der Waals surface area (Å²) in [6, 6.07) is 8.08. The third-order valence-electron chi connectivity index (χ3n) is 2.92. The fourth-order valence-electron chi connectivity index (χ4n) is 1.90. The minimum Gasteiger partial charge on any atom is -0.491 e. The molecule has 1 saturated heterocycles. The van der Waals surface area contributed by atoms with Crippen molar-refractivity contribution in [1.82, 2.24) is 0 Å². The molecule has 1 aliphatic rings. The number of ether oxygens (including phenoxy) is 2. The summed E-state index contributed by atoms with van der Waals surface area (Å²) in [7, 11) is 0. The van der Waals surface area contributed by atoms with Gasteiger partial charge in [-0.2, -0.15) is 0 Å². The topological polar surface area (TPSA) is 44.5 Å². The summed E-state index contributed by atoms with van der Waals surface area (Å²) in [6.45, 7) is 3.30. The Kier molecular flexibility index (Phi) is 3.80. The van der Waals surface area contributed by atoms with Gasteiger partial charge in [0, 0.05) is 6.54 Å². The average Bonchev–Trinajstić information content (AvgIpc) is 2.76. The van der Waals surface area contributed by atoms with Crippen molar-refractivity contribution in [3.05, 3.63) is 29.8 Å². The first-order valence-electron chi connectivity index (χ1n) is 5.83. The van der Waals surface area contributed by atoms with Gasteiger partial charge < -0.3 is 15.2 Å². The Balaban J connectivity index is 1.77. The van der Waals surface area contributed by atoms with E-state index < -0.39 is 0 Å². The van der Waals surface area contributed by atoms with Crippen molar-refractivity contribution >= 4 is 0 Å². The van der Waals surface area contributed by atoms with Crippen molar-refractivity contribution in [3.63, 3.8) is 0 Å². The van der Waals surface area contributed by atoms with E-state index in [2.05, 4.69) is 6.92 Å². The molecule has 0 spiro atoms. The zero-order valence-electron chi connectivity index (χ0n) is 9.69. The molecule has 88 valence electrons. The van der Waals surface area contributed by atoms with E-state index in [9.17, 15) is 0 Å². The van der Waals surface area contributed by atoms with Crippen LogP contribution in [-0.4, -0.2) is 25.4 Å². The number of hydrogen-bond acceptors (Lipinski definition) is 3. The second-order valence-electron chi connectivity index (χ2n) is 4.32. The van der Waals surface area contributed by atoms with Gasteiger partial charge in [0.2, 0.25) is 0 Å². The molecular weight excluding hydrogens is 202 g/mol. The van der Waals surface area contributed by atoms with Crippen LogP contribution in [0.1, 0.15) is 18.4 Å². The van der Waals surface area contributed by atoms with Crippen molar-refractivity contribution in [2.24, 2.45) is 5.73 Å². The highest BCUT2D eigenvalue weighted by molar-refractivity contribution is 5.26. The first kappa shape index (κ1) is 11.4. The lowest BCUT2D eigenvalue weighted by Gasteiger charge is -2.13. The molecule has 1 aromatic carbocycles. The lowest BCUT2D eigenvalue weighted by atomic mass is 10.2. The summed E-state index contributed by atoms with van der Waals surface area (Å²) in [6.07, 6.45) is 2.54. The summed E-state index contributed by atoms with van der Waals surface area (Å²) in [5, 5.41) is 0. The molecule has 2 unspecified atom stereocenters. The lowest BCUT2D eigenvalue weighted by Crippen LogP contribution is -2.23. The normalized spacial score (nSPS) is 24.6. The van der Waals surface area contributed by atoms with Crippen LogP contribution in [0.2, 0.25) is 0 Å². The first-order chi connectivity index (χ1) is 7.78. The average molecular weight is 221 g/mol. The van der Waals surface area contributed by atoms with E-state index in [4.69, 9.17) is 15.2 Å². The van der Waals surface area contributed by atoms with E-state index in [1.54, 1.807) is 0 Å². The number of nitrogens with two attached hydrogens (primary N) is 1. The molecule has 1 heterocycles. The van der Waals surface area contributed by atoms with Gasteiger partial charge in [0.15, 0.2) is 0 Å². The van der Waals surface area contributed by atoms with Crippen LogP contribution in [0, 0.1) is 6.92 Å². The Labute approximate surface area is 96.5 Å². The molecular formula is C13H19NO2. The van der Waals surface area contributed by atoms with Gasteiger partial charge in [-0.25, -0.2) is 0 Å². The second-order valence-corrected chi connectivity index (χ2v) is 4.32. The molecule has 0 bridgehead atoms. The third kappa shape index (κ3) is 2.97. The summed E-state index contributed by atoms with van der Waals surface area (Å²) in [5.41, 5.74) is 6.80. The Bertz CT molecular complexity index is 323. The highest BCUT2D eigenvalue weighted by atomic mass is 16.5. The molecule has 0 aromatic heterocycles. The maximum Gasteiger partial charge on any atom is 0.119 e. The minimum absolute atomic E-state index is 0.204. The molecule has 0 saturated carbocycles. The zero-order valence-corrected chi connectivity index (χ0v) is 9.69. The molecule has 3 heteroatoms. The third-order valence-corrected chi connectivity index (χ3v) is 2.92. The maximum atomic E-state index is 5.71. The number of rotatable bonds is 4. The Hall–Kier alpha value is -1.06. The smallest absolute Gasteiger partial charge is 0.119 e. The van der Waals surface area contributed by atoms with Gasteiger partial charge in [-0.3, -0.25) is 0 Å². The van der Waals surface area contributed by atoms with E-state index in [1.165, 1.54) is 5.56 Å². The SMILES string of the molecule is Cc1ccc(OCC2CCC(CN)O2)cc1. The molecule has 16 heavy (non-hydrogen) atoms. The van der Waals surface area contributed by atoms with Gasteiger partial charge in [0.1, 0.15) is 12.4 Å². The van der Waals surface area contributed by atoms with Crippen molar-refractivity contribution in [1.29, 1.82) is 0 Å². The Morgan fingerprint density at radius 1 is 1.25 bits per heavy atom. The van der Waals surface area contributed by atoms with E-state index >= 15 is 0 Å². The fraction of sp³-hybridized carbons (Fsp3) is 0.538. The first-order valence-corrected chi connectivity index (χ1v) is 5.83. The number of benzene rings is 1. The molecule has 0 amide bonds. The molecule has 2 rings (SSSR count). The predicted molar refractivity (Wildman–Crippen MR) is 63.6 cm³/mol. The van der Waals surface area contributed by atoms with Crippen LogP contribution in [0.25, 0.3) is 0 Å². The van der Waals surface area contributed by atoms with Crippen LogP contribution in [0.3, 0.4) is 0 Å². The Morgan fingerprint density at radius 3 is 2.56 bits per heavy atom. The van der Waals surface area contributed by atoms with E-state index in [1.807, 2.05) is 24.3 Å². The van der Waals surface area contributed by atoms with Crippen molar-refractivity contribution in [2.45, 2.75) is 32.0 Å². The van der Waals surface area contributed by atoms with E-state index in [-0.39, 0.29) is 12.2 Å². The molecule has 2 atom stereocenters. The van der Waals surface area contributed by atoms with Crippen LogP contribution >= 0.6 is 0 Å². The lowest BCUT2D eigenvalue weighted by molar-refractivity contribution is 0.0222.